The summed E-state index contributed by atoms with van der Waals surface area (Å²) in [6.07, 6.45) is 2.72. The van der Waals surface area contributed by atoms with Crippen LogP contribution in [0.3, 0.4) is 0 Å². The first-order chi connectivity index (χ1) is 14.0. The van der Waals surface area contributed by atoms with E-state index >= 15 is 0 Å². The van der Waals surface area contributed by atoms with Crippen LogP contribution in [0.1, 0.15) is 42.4 Å². The number of nitrogens with one attached hydrogen (secondary N) is 1. The molecule has 0 fully saturated rings. The summed E-state index contributed by atoms with van der Waals surface area (Å²) in [4.78, 5) is 37.2. The van der Waals surface area contributed by atoms with Gasteiger partial charge in [-0.25, -0.2) is 9.48 Å². The summed E-state index contributed by atoms with van der Waals surface area (Å²) >= 11 is 0. The monoisotopic (exact) mass is 398 g/mol. The van der Waals surface area contributed by atoms with E-state index in [1.807, 2.05) is 0 Å². The minimum absolute atomic E-state index is 0.00165. The highest BCUT2D eigenvalue weighted by Crippen LogP contribution is 2.15. The standard InChI is InChI=1S/C20H22N4O5/c1-3-4-7-10-24-19(26)15-9-6-5-8-14(15)18(22-24)20(27)28-12-17(25)21-16-11-13(2)29-23-16/h5-6,8-9,11H,3-4,7,10,12H2,1-2H3,(H,21,23,25). The van der Waals surface area contributed by atoms with Gasteiger partial charge in [0.25, 0.3) is 11.5 Å². The fraction of sp³-hybridized carbons (Fsp3) is 0.350. The minimum Gasteiger partial charge on any atom is -0.451 e. The first-order valence-electron chi connectivity index (χ1n) is 9.39. The Morgan fingerprint density at radius 3 is 2.66 bits per heavy atom. The van der Waals surface area contributed by atoms with Gasteiger partial charge in [-0.3, -0.25) is 9.59 Å². The third-order valence-corrected chi connectivity index (χ3v) is 4.26. The number of benzene rings is 1. The quantitative estimate of drug-likeness (QED) is 0.458. The number of unbranched alkanes of at least 4 members (excludes halogenated alkanes) is 2. The number of esters is 1. The summed E-state index contributed by atoms with van der Waals surface area (Å²) in [6, 6.07) is 8.26. The van der Waals surface area contributed by atoms with Crippen LogP contribution in [0.5, 0.6) is 0 Å². The van der Waals surface area contributed by atoms with Crippen molar-refractivity contribution in [3.8, 4) is 0 Å². The molecular weight excluding hydrogens is 376 g/mol. The maximum absolute atomic E-state index is 12.6. The minimum atomic E-state index is -0.781. The highest BCUT2D eigenvalue weighted by molar-refractivity contribution is 6.03. The van der Waals surface area contributed by atoms with E-state index in [-0.39, 0.29) is 17.1 Å². The molecule has 1 amide bonds. The van der Waals surface area contributed by atoms with Crippen LogP contribution in [-0.4, -0.2) is 33.4 Å². The van der Waals surface area contributed by atoms with Gasteiger partial charge in [-0.15, -0.1) is 0 Å². The molecule has 2 heterocycles. The molecule has 0 radical (unpaired) electrons. The molecule has 9 nitrogen and oxygen atoms in total. The van der Waals surface area contributed by atoms with Gasteiger partial charge in [0.15, 0.2) is 18.1 Å². The molecule has 0 bridgehead atoms. The largest absolute Gasteiger partial charge is 0.451 e. The molecule has 9 heteroatoms. The second kappa shape index (κ2) is 9.13. The average molecular weight is 398 g/mol. The number of amides is 1. The summed E-state index contributed by atoms with van der Waals surface area (Å²) in [7, 11) is 0. The summed E-state index contributed by atoms with van der Waals surface area (Å²) in [6.45, 7) is 3.64. The molecule has 0 atom stereocenters. The van der Waals surface area contributed by atoms with Gasteiger partial charge in [-0.05, 0) is 19.4 Å². The van der Waals surface area contributed by atoms with Crippen molar-refractivity contribution in [2.75, 3.05) is 11.9 Å². The van der Waals surface area contributed by atoms with E-state index in [1.54, 1.807) is 37.3 Å². The van der Waals surface area contributed by atoms with Crippen LogP contribution in [0.25, 0.3) is 10.8 Å². The van der Waals surface area contributed by atoms with Crippen LogP contribution in [0, 0.1) is 6.92 Å². The van der Waals surface area contributed by atoms with E-state index in [4.69, 9.17) is 9.26 Å². The topological polar surface area (TPSA) is 116 Å². The van der Waals surface area contributed by atoms with E-state index in [0.29, 0.717) is 23.1 Å². The van der Waals surface area contributed by atoms with Crippen LogP contribution < -0.4 is 10.9 Å². The van der Waals surface area contributed by atoms with Gasteiger partial charge in [0, 0.05) is 18.0 Å². The molecule has 0 aliphatic rings. The number of hydrogen-bond donors (Lipinski definition) is 1. The Labute approximate surface area is 166 Å². The number of carbonyl (C=O) groups is 2. The Kier molecular flexibility index (Phi) is 6.38. The number of nitrogens with zero attached hydrogens (tertiary/aromatic N) is 3. The SMILES string of the molecule is CCCCCn1nc(C(=O)OCC(=O)Nc2cc(C)on2)c2ccccc2c1=O. The van der Waals surface area contributed by atoms with Crippen LogP contribution in [0.2, 0.25) is 0 Å². The van der Waals surface area contributed by atoms with Crippen LogP contribution in [0.15, 0.2) is 39.6 Å². The van der Waals surface area contributed by atoms with E-state index < -0.39 is 18.5 Å². The molecule has 3 rings (SSSR count). The highest BCUT2D eigenvalue weighted by atomic mass is 16.5. The van der Waals surface area contributed by atoms with E-state index in [2.05, 4.69) is 22.5 Å². The lowest BCUT2D eigenvalue weighted by molar-refractivity contribution is -0.119. The predicted molar refractivity (Wildman–Crippen MR) is 106 cm³/mol. The molecule has 0 aliphatic carbocycles. The van der Waals surface area contributed by atoms with Gasteiger partial charge in [-0.2, -0.15) is 5.10 Å². The first-order valence-corrected chi connectivity index (χ1v) is 9.39. The van der Waals surface area contributed by atoms with Crippen LogP contribution in [0.4, 0.5) is 5.82 Å². The van der Waals surface area contributed by atoms with Crippen molar-refractivity contribution in [3.63, 3.8) is 0 Å². The zero-order valence-electron chi connectivity index (χ0n) is 16.3. The number of aromatic nitrogens is 3. The first kappa shape index (κ1) is 20.2. The van der Waals surface area contributed by atoms with Gasteiger partial charge in [0.1, 0.15) is 5.76 Å². The average Bonchev–Trinajstić information content (AvgIpc) is 3.12. The van der Waals surface area contributed by atoms with Crippen LogP contribution in [-0.2, 0) is 16.1 Å². The molecule has 1 N–H and O–H groups in total. The van der Waals surface area contributed by atoms with Crippen molar-refractivity contribution in [1.82, 2.24) is 14.9 Å². The van der Waals surface area contributed by atoms with Crippen molar-refractivity contribution in [2.24, 2.45) is 0 Å². The number of aryl methyl sites for hydroxylation is 2. The van der Waals surface area contributed by atoms with Crippen molar-refractivity contribution in [1.29, 1.82) is 0 Å². The van der Waals surface area contributed by atoms with E-state index in [1.165, 1.54) is 4.68 Å². The van der Waals surface area contributed by atoms with Gasteiger partial charge in [0.05, 0.1) is 5.39 Å². The summed E-state index contributed by atoms with van der Waals surface area (Å²) in [5, 5.41) is 11.1. The Bertz CT molecular complexity index is 1090. The Morgan fingerprint density at radius 2 is 1.97 bits per heavy atom. The molecule has 3 aromatic rings. The number of carbonyl (C=O) groups excluding carboxylic acids is 2. The Hall–Kier alpha value is -3.49. The van der Waals surface area contributed by atoms with E-state index in [0.717, 1.165) is 19.3 Å². The zero-order chi connectivity index (χ0) is 20.8. The molecule has 1 aromatic carbocycles. The van der Waals surface area contributed by atoms with Crippen molar-refractivity contribution < 1.29 is 18.8 Å². The lowest BCUT2D eigenvalue weighted by Crippen LogP contribution is -2.28. The van der Waals surface area contributed by atoms with Crippen molar-refractivity contribution in [3.05, 3.63) is 52.1 Å². The maximum atomic E-state index is 12.6. The molecule has 0 saturated heterocycles. The normalized spacial score (nSPS) is 10.8. The fourth-order valence-corrected chi connectivity index (χ4v) is 2.85. The van der Waals surface area contributed by atoms with Crippen molar-refractivity contribution in [2.45, 2.75) is 39.7 Å². The second-order valence-corrected chi connectivity index (χ2v) is 6.58. The third-order valence-electron chi connectivity index (χ3n) is 4.26. The molecular formula is C20H22N4O5. The number of anilines is 1. The van der Waals surface area contributed by atoms with Gasteiger partial charge < -0.3 is 14.6 Å². The van der Waals surface area contributed by atoms with Gasteiger partial charge >= 0.3 is 5.97 Å². The van der Waals surface area contributed by atoms with E-state index in [9.17, 15) is 14.4 Å². The Balaban J connectivity index is 1.78. The summed E-state index contributed by atoms with van der Waals surface area (Å²) < 4.78 is 11.3. The van der Waals surface area contributed by atoms with Crippen LogP contribution >= 0.6 is 0 Å². The highest BCUT2D eigenvalue weighted by Gasteiger charge is 2.19. The maximum Gasteiger partial charge on any atom is 0.359 e. The molecule has 0 saturated carbocycles. The molecule has 0 unspecified atom stereocenters. The molecule has 0 aliphatic heterocycles. The summed E-state index contributed by atoms with van der Waals surface area (Å²) in [5.41, 5.74) is -0.255. The summed E-state index contributed by atoms with van der Waals surface area (Å²) in [5.74, 6) is -0.570. The number of rotatable bonds is 8. The van der Waals surface area contributed by atoms with Gasteiger partial charge in [0.2, 0.25) is 0 Å². The predicted octanol–water partition coefficient (Wildman–Crippen LogP) is 2.68. The fourth-order valence-electron chi connectivity index (χ4n) is 2.85. The lowest BCUT2D eigenvalue weighted by Gasteiger charge is -2.10. The van der Waals surface area contributed by atoms with Crippen molar-refractivity contribution >= 4 is 28.5 Å². The van der Waals surface area contributed by atoms with Gasteiger partial charge in [-0.1, -0.05) is 43.1 Å². The Morgan fingerprint density at radius 1 is 1.21 bits per heavy atom. The molecule has 152 valence electrons. The molecule has 0 spiro atoms. The number of fused-ring (bicyclic) bond motifs is 1. The number of ether oxygens (including phenoxy) is 1. The third kappa shape index (κ3) is 4.87. The number of hydrogen-bond acceptors (Lipinski definition) is 7. The lowest BCUT2D eigenvalue weighted by atomic mass is 10.1. The molecule has 2 aromatic heterocycles. The zero-order valence-corrected chi connectivity index (χ0v) is 16.3. The second-order valence-electron chi connectivity index (χ2n) is 6.58. The smallest absolute Gasteiger partial charge is 0.359 e. The molecule has 29 heavy (non-hydrogen) atoms.